The van der Waals surface area contributed by atoms with Gasteiger partial charge in [0.2, 0.25) is 0 Å². The highest BCUT2D eigenvalue weighted by molar-refractivity contribution is 7.26. The summed E-state index contributed by atoms with van der Waals surface area (Å²) in [6.45, 7) is 0. The van der Waals surface area contributed by atoms with Crippen LogP contribution in [0.3, 0.4) is 0 Å². The average molecular weight is 821 g/mol. The molecule has 6 heteroatoms. The quantitative estimate of drug-likeness (QED) is 0.177. The van der Waals surface area contributed by atoms with Crippen LogP contribution in [0.15, 0.2) is 199 Å². The van der Waals surface area contributed by atoms with E-state index in [2.05, 4.69) is 187 Å². The third-order valence-corrected chi connectivity index (χ3v) is 14.0. The minimum Gasteiger partial charge on any atom is -0.455 e. The normalized spacial score (nSPS) is 12.1. The SMILES string of the molecule is c1ccc2cc3c(cc2c1)c1ccccc1n3-c1ccc2sc3c4ccccc4ccc3c2c1-c1nc(-c2cccc3ccccc23)nc(-c2cccc3c2oc2ccccc23)n1. The molecule has 292 valence electrons. The van der Waals surface area contributed by atoms with Crippen LogP contribution in [-0.4, -0.2) is 19.5 Å². The van der Waals surface area contributed by atoms with E-state index in [9.17, 15) is 0 Å². The van der Waals surface area contributed by atoms with Crippen molar-refractivity contribution < 1.29 is 4.42 Å². The van der Waals surface area contributed by atoms with Crippen LogP contribution in [0.5, 0.6) is 0 Å². The first-order valence-electron chi connectivity index (χ1n) is 21.2. The smallest absolute Gasteiger partial charge is 0.167 e. The maximum atomic E-state index is 6.67. The van der Waals surface area contributed by atoms with Crippen molar-refractivity contribution >= 4 is 108 Å². The van der Waals surface area contributed by atoms with Crippen LogP contribution >= 0.6 is 11.3 Å². The van der Waals surface area contributed by atoms with Crippen LogP contribution in [0.1, 0.15) is 0 Å². The van der Waals surface area contributed by atoms with Gasteiger partial charge in [-0.3, -0.25) is 0 Å². The molecule has 0 N–H and O–H groups in total. The Kier molecular flexibility index (Phi) is 7.21. The van der Waals surface area contributed by atoms with Gasteiger partial charge in [0.1, 0.15) is 11.2 Å². The predicted octanol–water partition coefficient (Wildman–Crippen LogP) is 15.7. The summed E-state index contributed by atoms with van der Waals surface area (Å²) in [5.74, 6) is 1.74. The van der Waals surface area contributed by atoms with E-state index in [0.29, 0.717) is 17.5 Å². The molecule has 0 unspecified atom stereocenters. The molecule has 0 aliphatic carbocycles. The van der Waals surface area contributed by atoms with Gasteiger partial charge in [0.25, 0.3) is 0 Å². The Bertz CT molecular complexity index is 4230. The molecule has 0 amide bonds. The van der Waals surface area contributed by atoms with Crippen LogP contribution in [0.25, 0.3) is 136 Å². The Labute approximate surface area is 363 Å². The van der Waals surface area contributed by atoms with Crippen molar-refractivity contribution in [1.29, 1.82) is 0 Å². The molecule has 4 heterocycles. The molecule has 0 spiro atoms. The summed E-state index contributed by atoms with van der Waals surface area (Å²) >= 11 is 1.83. The van der Waals surface area contributed by atoms with Gasteiger partial charge in [0.05, 0.1) is 27.8 Å². The number of nitrogens with zero attached hydrogens (tertiary/aromatic N) is 4. The Hall–Kier alpha value is -8.19. The molecular formula is C57H32N4OS. The zero-order chi connectivity index (χ0) is 41.2. The number of fused-ring (bicyclic) bond motifs is 13. The second kappa shape index (κ2) is 13.2. The summed E-state index contributed by atoms with van der Waals surface area (Å²) in [7, 11) is 0. The summed E-state index contributed by atoms with van der Waals surface area (Å²) in [6, 6.07) is 69.1. The third-order valence-electron chi connectivity index (χ3n) is 12.8. The summed E-state index contributed by atoms with van der Waals surface area (Å²) in [5.41, 5.74) is 7.51. The van der Waals surface area contributed by atoms with Gasteiger partial charge in [0, 0.05) is 47.3 Å². The molecule has 0 radical (unpaired) electrons. The average Bonchev–Trinajstić information content (AvgIpc) is 4.02. The molecule has 0 fully saturated rings. The maximum absolute atomic E-state index is 6.67. The lowest BCUT2D eigenvalue weighted by atomic mass is 10.00. The minimum absolute atomic E-state index is 0.550. The number of benzene rings is 10. The monoisotopic (exact) mass is 820 g/mol. The summed E-state index contributed by atoms with van der Waals surface area (Å²) < 4.78 is 11.5. The van der Waals surface area contributed by atoms with Crippen LogP contribution in [0.4, 0.5) is 0 Å². The fourth-order valence-electron chi connectivity index (χ4n) is 9.98. The van der Waals surface area contributed by atoms with E-state index in [1.54, 1.807) is 0 Å². The van der Waals surface area contributed by atoms with Crippen LogP contribution in [-0.2, 0) is 0 Å². The van der Waals surface area contributed by atoms with E-state index < -0.39 is 0 Å². The second-order valence-corrected chi connectivity index (χ2v) is 17.3. The van der Waals surface area contributed by atoms with Gasteiger partial charge in [-0.25, -0.2) is 15.0 Å². The molecule has 0 saturated heterocycles. The largest absolute Gasteiger partial charge is 0.455 e. The standard InChI is InChI=1S/C57H32N4OS/c1-2-16-36-32-48-45(31-35(36)15-1)39-20-7-9-25-46(39)61(48)47-29-30-50-51(43-28-27-34-14-4-6-19-38(34)54(43)63-50)52(47)57-59-55(42-23-11-17-33-13-3-5-18-37(33)42)58-56(60-57)44-24-12-22-41-40-21-8-10-26-49(40)62-53(41)44/h1-32H. The van der Waals surface area contributed by atoms with Gasteiger partial charge in [-0.15, -0.1) is 11.3 Å². The van der Waals surface area contributed by atoms with E-state index in [-0.39, 0.29) is 0 Å². The van der Waals surface area contributed by atoms with E-state index in [1.165, 1.54) is 47.1 Å². The van der Waals surface area contributed by atoms with E-state index >= 15 is 0 Å². The van der Waals surface area contributed by atoms with Gasteiger partial charge >= 0.3 is 0 Å². The molecule has 0 bridgehead atoms. The maximum Gasteiger partial charge on any atom is 0.167 e. The molecule has 4 aromatic heterocycles. The predicted molar refractivity (Wildman–Crippen MR) is 263 cm³/mol. The first kappa shape index (κ1) is 34.5. The third kappa shape index (κ3) is 5.07. The second-order valence-electron chi connectivity index (χ2n) is 16.3. The van der Waals surface area contributed by atoms with Crippen molar-refractivity contribution in [1.82, 2.24) is 19.5 Å². The first-order valence-corrected chi connectivity index (χ1v) is 22.0. The highest BCUT2D eigenvalue weighted by Gasteiger charge is 2.26. The number of aromatic nitrogens is 4. The number of thiophene rings is 1. The molecule has 0 atom stereocenters. The number of hydrogen-bond donors (Lipinski definition) is 0. The van der Waals surface area contributed by atoms with Crippen molar-refractivity contribution in [3.63, 3.8) is 0 Å². The number of para-hydroxylation sites is 3. The molecular weight excluding hydrogens is 789 g/mol. The lowest BCUT2D eigenvalue weighted by Crippen LogP contribution is -2.04. The fraction of sp³-hybridized carbons (Fsp3) is 0. The fourth-order valence-corrected chi connectivity index (χ4v) is 11.2. The molecule has 0 saturated carbocycles. The van der Waals surface area contributed by atoms with Crippen molar-refractivity contribution in [2.45, 2.75) is 0 Å². The molecule has 63 heavy (non-hydrogen) atoms. The van der Waals surface area contributed by atoms with Crippen LogP contribution < -0.4 is 0 Å². The van der Waals surface area contributed by atoms with Gasteiger partial charge in [0.15, 0.2) is 17.5 Å². The molecule has 10 aromatic carbocycles. The van der Waals surface area contributed by atoms with Gasteiger partial charge in [-0.05, 0) is 74.8 Å². The summed E-state index contributed by atoms with van der Waals surface area (Å²) in [6.07, 6.45) is 0. The van der Waals surface area contributed by atoms with E-state index in [0.717, 1.165) is 71.5 Å². The van der Waals surface area contributed by atoms with Gasteiger partial charge in [-0.1, -0.05) is 152 Å². The van der Waals surface area contributed by atoms with E-state index in [1.807, 2.05) is 23.5 Å². The number of hydrogen-bond acceptors (Lipinski definition) is 5. The minimum atomic E-state index is 0.550. The first-order chi connectivity index (χ1) is 31.2. The topological polar surface area (TPSA) is 56.7 Å². The van der Waals surface area contributed by atoms with Crippen molar-refractivity contribution in [2.75, 3.05) is 0 Å². The van der Waals surface area contributed by atoms with Crippen LogP contribution in [0.2, 0.25) is 0 Å². The lowest BCUT2D eigenvalue weighted by Gasteiger charge is -2.17. The molecule has 0 aliphatic rings. The van der Waals surface area contributed by atoms with E-state index in [4.69, 9.17) is 19.4 Å². The highest BCUT2D eigenvalue weighted by atomic mass is 32.1. The number of furan rings is 1. The summed E-state index contributed by atoms with van der Waals surface area (Å²) in [5, 5.41) is 13.8. The number of rotatable bonds is 4. The molecule has 14 aromatic rings. The Morgan fingerprint density at radius 2 is 1.02 bits per heavy atom. The van der Waals surface area contributed by atoms with Crippen molar-refractivity contribution in [2.24, 2.45) is 0 Å². The van der Waals surface area contributed by atoms with Gasteiger partial charge < -0.3 is 8.98 Å². The molecule has 14 rings (SSSR count). The van der Waals surface area contributed by atoms with Crippen molar-refractivity contribution in [3.05, 3.63) is 194 Å². The van der Waals surface area contributed by atoms with Gasteiger partial charge in [-0.2, -0.15) is 0 Å². The Morgan fingerprint density at radius 3 is 1.87 bits per heavy atom. The van der Waals surface area contributed by atoms with Crippen LogP contribution in [0, 0.1) is 0 Å². The Morgan fingerprint density at radius 1 is 0.397 bits per heavy atom. The Balaban J connectivity index is 1.16. The molecule has 0 aliphatic heterocycles. The molecule has 5 nitrogen and oxygen atoms in total. The lowest BCUT2D eigenvalue weighted by molar-refractivity contribution is 0.669. The highest BCUT2D eigenvalue weighted by Crippen LogP contribution is 2.47. The zero-order valence-electron chi connectivity index (χ0n) is 33.6. The van der Waals surface area contributed by atoms with Crippen molar-refractivity contribution in [3.8, 4) is 39.9 Å². The summed E-state index contributed by atoms with van der Waals surface area (Å²) in [4.78, 5) is 16.6. The zero-order valence-corrected chi connectivity index (χ0v) is 34.4.